The zero-order valence-corrected chi connectivity index (χ0v) is 9.66. The standard InChI is InChI=1S/C7H7NO.C5H11NO/c9-7-5-2-1-3-6(7)8-4-5;1-4(2)3-5(6)7/h1-3,8-9H,4H2;4H,3H2,1-2H3,(H2,6,7). The molecule has 1 aliphatic heterocycles. The molecule has 0 radical (unpaired) electrons. The number of amides is 1. The third kappa shape index (κ3) is 3.46. The lowest BCUT2D eigenvalue weighted by Gasteiger charge is -1.95. The minimum absolute atomic E-state index is 0.213. The molecule has 4 heteroatoms. The SMILES string of the molecule is CC(C)CC(N)=O.Oc1c2cccc1NC2. The van der Waals surface area contributed by atoms with Crippen LogP contribution in [0.4, 0.5) is 5.69 Å². The first-order chi connectivity index (χ1) is 7.50. The van der Waals surface area contributed by atoms with Crippen LogP contribution in [0.2, 0.25) is 0 Å². The van der Waals surface area contributed by atoms with Gasteiger partial charge in [0.2, 0.25) is 5.91 Å². The molecule has 1 heterocycles. The molecule has 88 valence electrons. The van der Waals surface area contributed by atoms with E-state index in [1.165, 1.54) is 0 Å². The predicted octanol–water partition coefficient (Wildman–Crippen LogP) is 1.84. The molecular weight excluding hydrogens is 204 g/mol. The Morgan fingerprint density at radius 3 is 2.62 bits per heavy atom. The molecule has 1 aromatic carbocycles. The van der Waals surface area contributed by atoms with Gasteiger partial charge in [-0.25, -0.2) is 0 Å². The number of phenols is 1. The van der Waals surface area contributed by atoms with E-state index in [2.05, 4.69) is 5.32 Å². The third-order valence-electron chi connectivity index (χ3n) is 2.20. The van der Waals surface area contributed by atoms with E-state index in [1.54, 1.807) is 0 Å². The van der Waals surface area contributed by atoms with Crippen LogP contribution < -0.4 is 11.1 Å². The first-order valence-corrected chi connectivity index (χ1v) is 5.33. The quantitative estimate of drug-likeness (QED) is 0.668. The summed E-state index contributed by atoms with van der Waals surface area (Å²) in [4.78, 5) is 10.0. The number of primary amides is 1. The van der Waals surface area contributed by atoms with Crippen molar-refractivity contribution in [2.45, 2.75) is 26.8 Å². The van der Waals surface area contributed by atoms with E-state index in [0.29, 0.717) is 18.1 Å². The van der Waals surface area contributed by atoms with Gasteiger partial charge in [-0.2, -0.15) is 0 Å². The van der Waals surface area contributed by atoms with Gasteiger partial charge in [-0.05, 0) is 12.0 Å². The average molecular weight is 222 g/mol. The summed E-state index contributed by atoms with van der Waals surface area (Å²) in [5, 5.41) is 12.2. The van der Waals surface area contributed by atoms with Crippen molar-refractivity contribution in [2.75, 3.05) is 5.32 Å². The Morgan fingerprint density at radius 2 is 2.25 bits per heavy atom. The monoisotopic (exact) mass is 222 g/mol. The first-order valence-electron chi connectivity index (χ1n) is 5.33. The van der Waals surface area contributed by atoms with Gasteiger partial charge >= 0.3 is 0 Å². The van der Waals surface area contributed by atoms with Crippen LogP contribution in [0, 0.1) is 5.92 Å². The minimum Gasteiger partial charge on any atom is -0.505 e. The molecule has 2 bridgehead atoms. The second-order valence-electron chi connectivity index (χ2n) is 4.23. The molecule has 4 N–H and O–H groups in total. The molecule has 0 atom stereocenters. The fourth-order valence-electron chi connectivity index (χ4n) is 1.47. The molecule has 0 aliphatic carbocycles. The number of nitrogens with two attached hydrogens (primary N) is 1. The summed E-state index contributed by atoms with van der Waals surface area (Å²) in [6, 6.07) is 5.72. The Balaban J connectivity index is 0.000000168. The maximum Gasteiger partial charge on any atom is 0.217 e. The minimum atomic E-state index is -0.213. The summed E-state index contributed by atoms with van der Waals surface area (Å²) >= 11 is 0. The smallest absolute Gasteiger partial charge is 0.217 e. The highest BCUT2D eigenvalue weighted by Gasteiger charge is 2.12. The Morgan fingerprint density at radius 1 is 1.56 bits per heavy atom. The second-order valence-corrected chi connectivity index (χ2v) is 4.23. The molecule has 0 spiro atoms. The number of anilines is 1. The van der Waals surface area contributed by atoms with Crippen molar-refractivity contribution in [1.82, 2.24) is 0 Å². The van der Waals surface area contributed by atoms with Crippen molar-refractivity contribution in [3.63, 3.8) is 0 Å². The number of carbonyl (C=O) groups excluding carboxylic acids is 1. The Hall–Kier alpha value is -1.71. The summed E-state index contributed by atoms with van der Waals surface area (Å²) in [5.74, 6) is 0.602. The zero-order chi connectivity index (χ0) is 12.1. The Labute approximate surface area is 95.5 Å². The lowest BCUT2D eigenvalue weighted by molar-refractivity contribution is -0.118. The van der Waals surface area contributed by atoms with E-state index in [0.717, 1.165) is 17.8 Å². The Bertz CT molecular complexity index is 353. The summed E-state index contributed by atoms with van der Waals surface area (Å²) in [6.07, 6.45) is 0.500. The number of carbonyl (C=O) groups is 1. The first kappa shape index (κ1) is 12.4. The molecular formula is C12H18N2O2. The van der Waals surface area contributed by atoms with Gasteiger partial charge in [0.1, 0.15) is 5.75 Å². The molecule has 1 aromatic rings. The second kappa shape index (κ2) is 5.39. The summed E-state index contributed by atoms with van der Waals surface area (Å²) in [7, 11) is 0. The van der Waals surface area contributed by atoms with Crippen LogP contribution in [-0.4, -0.2) is 11.0 Å². The lowest BCUT2D eigenvalue weighted by atomic mass is 10.1. The maximum atomic E-state index is 10.0. The number of aromatic hydroxyl groups is 1. The van der Waals surface area contributed by atoms with Crippen LogP contribution in [0.5, 0.6) is 5.75 Å². The average Bonchev–Trinajstić information content (AvgIpc) is 2.40. The highest BCUT2D eigenvalue weighted by molar-refractivity contribution is 5.73. The molecule has 0 saturated heterocycles. The van der Waals surface area contributed by atoms with Gasteiger partial charge in [-0.15, -0.1) is 0 Å². The van der Waals surface area contributed by atoms with Gasteiger partial charge in [0.05, 0.1) is 5.69 Å². The fraction of sp³-hybridized carbons (Fsp3) is 0.417. The molecule has 0 saturated carbocycles. The number of hydrogen-bond acceptors (Lipinski definition) is 3. The van der Waals surface area contributed by atoms with Crippen molar-refractivity contribution in [3.05, 3.63) is 23.8 Å². The number of rotatable bonds is 2. The van der Waals surface area contributed by atoms with E-state index in [9.17, 15) is 9.90 Å². The highest BCUT2D eigenvalue weighted by atomic mass is 16.3. The lowest BCUT2D eigenvalue weighted by Crippen LogP contribution is -2.12. The van der Waals surface area contributed by atoms with Gasteiger partial charge in [-0.3, -0.25) is 4.79 Å². The van der Waals surface area contributed by atoms with Crippen molar-refractivity contribution in [3.8, 4) is 5.75 Å². The van der Waals surface area contributed by atoms with Crippen LogP contribution in [0.25, 0.3) is 0 Å². The zero-order valence-electron chi connectivity index (χ0n) is 9.66. The van der Waals surface area contributed by atoms with Crippen LogP contribution in [0.15, 0.2) is 18.2 Å². The third-order valence-corrected chi connectivity index (χ3v) is 2.20. The molecule has 0 unspecified atom stereocenters. The highest BCUT2D eigenvalue weighted by Crippen LogP contribution is 2.33. The molecule has 0 fully saturated rings. The van der Waals surface area contributed by atoms with E-state index >= 15 is 0 Å². The molecule has 4 nitrogen and oxygen atoms in total. The van der Waals surface area contributed by atoms with Crippen LogP contribution in [0.3, 0.4) is 0 Å². The molecule has 2 rings (SSSR count). The van der Waals surface area contributed by atoms with Crippen molar-refractivity contribution >= 4 is 11.6 Å². The summed E-state index contributed by atoms with van der Waals surface area (Å²) in [6.45, 7) is 4.70. The summed E-state index contributed by atoms with van der Waals surface area (Å²) < 4.78 is 0. The van der Waals surface area contributed by atoms with Crippen LogP contribution in [0.1, 0.15) is 25.8 Å². The van der Waals surface area contributed by atoms with E-state index in [-0.39, 0.29) is 5.91 Å². The molecule has 1 amide bonds. The number of nitrogens with one attached hydrogen (secondary N) is 1. The van der Waals surface area contributed by atoms with Crippen molar-refractivity contribution in [1.29, 1.82) is 0 Å². The van der Waals surface area contributed by atoms with Crippen molar-refractivity contribution in [2.24, 2.45) is 11.7 Å². The van der Waals surface area contributed by atoms with Gasteiger partial charge in [0.15, 0.2) is 0 Å². The number of fused-ring (bicyclic) bond motifs is 2. The number of para-hydroxylation sites is 1. The normalized spacial score (nSPS) is 11.7. The van der Waals surface area contributed by atoms with Crippen LogP contribution in [-0.2, 0) is 11.3 Å². The topological polar surface area (TPSA) is 75.4 Å². The molecule has 0 aromatic heterocycles. The fourth-order valence-corrected chi connectivity index (χ4v) is 1.47. The molecule has 16 heavy (non-hydrogen) atoms. The Kier molecular flexibility index (Phi) is 4.17. The van der Waals surface area contributed by atoms with Crippen molar-refractivity contribution < 1.29 is 9.90 Å². The predicted molar refractivity (Wildman–Crippen MR) is 64.1 cm³/mol. The van der Waals surface area contributed by atoms with Gasteiger partial charge < -0.3 is 16.2 Å². The van der Waals surface area contributed by atoms with Crippen LogP contribution >= 0.6 is 0 Å². The largest absolute Gasteiger partial charge is 0.505 e. The van der Waals surface area contributed by atoms with E-state index < -0.39 is 0 Å². The summed E-state index contributed by atoms with van der Waals surface area (Å²) in [5.41, 5.74) is 6.70. The van der Waals surface area contributed by atoms with Gasteiger partial charge in [0.25, 0.3) is 0 Å². The maximum absolute atomic E-state index is 10.0. The van der Waals surface area contributed by atoms with Gasteiger partial charge in [-0.1, -0.05) is 26.0 Å². The van der Waals surface area contributed by atoms with Gasteiger partial charge in [0, 0.05) is 18.5 Å². The van der Waals surface area contributed by atoms with E-state index in [1.807, 2.05) is 32.0 Å². The number of hydrogen-bond donors (Lipinski definition) is 3. The van der Waals surface area contributed by atoms with E-state index in [4.69, 9.17) is 5.73 Å². The molecule has 1 aliphatic rings. The number of benzene rings is 1. The number of phenolic OH excluding ortho intramolecular Hbond substituents is 1.